The summed E-state index contributed by atoms with van der Waals surface area (Å²) in [6, 6.07) is 9.46. The zero-order valence-electron chi connectivity index (χ0n) is 12.0. The van der Waals surface area contributed by atoms with E-state index in [9.17, 15) is 0 Å². The summed E-state index contributed by atoms with van der Waals surface area (Å²) in [6.07, 6.45) is 4.13. The maximum Gasteiger partial charge on any atom is 0.143 e. The van der Waals surface area contributed by atoms with Crippen LogP contribution in [-0.4, -0.2) is 24.7 Å². The van der Waals surface area contributed by atoms with Crippen LogP contribution in [-0.2, 0) is 17.8 Å². The summed E-state index contributed by atoms with van der Waals surface area (Å²) < 4.78 is 10.9. The molecule has 5 heteroatoms. The summed E-state index contributed by atoms with van der Waals surface area (Å²) in [7, 11) is 1.65. The van der Waals surface area contributed by atoms with E-state index >= 15 is 0 Å². The van der Waals surface area contributed by atoms with Crippen molar-refractivity contribution < 1.29 is 9.47 Å². The van der Waals surface area contributed by atoms with Gasteiger partial charge < -0.3 is 15.2 Å². The first-order valence-electron chi connectivity index (χ1n) is 6.73. The Balaban J connectivity index is 1.89. The lowest BCUT2D eigenvalue weighted by Gasteiger charge is -2.15. The van der Waals surface area contributed by atoms with E-state index in [4.69, 9.17) is 26.8 Å². The summed E-state index contributed by atoms with van der Waals surface area (Å²) in [5, 5.41) is 0.725. The second-order valence-electron chi connectivity index (χ2n) is 4.82. The van der Waals surface area contributed by atoms with Crippen molar-refractivity contribution in [1.29, 1.82) is 0 Å². The van der Waals surface area contributed by atoms with Gasteiger partial charge in [0.2, 0.25) is 0 Å². The van der Waals surface area contributed by atoms with Crippen LogP contribution in [0.25, 0.3) is 0 Å². The molecule has 0 bridgehead atoms. The van der Waals surface area contributed by atoms with Gasteiger partial charge in [0.15, 0.2) is 0 Å². The van der Waals surface area contributed by atoms with Crippen LogP contribution in [0.4, 0.5) is 0 Å². The van der Waals surface area contributed by atoms with Gasteiger partial charge in [0.25, 0.3) is 0 Å². The third-order valence-electron chi connectivity index (χ3n) is 3.03. The lowest BCUT2D eigenvalue weighted by atomic mass is 10.1. The molecular weight excluding hydrogens is 288 g/mol. The molecule has 1 atom stereocenters. The minimum absolute atomic E-state index is 0.0956. The van der Waals surface area contributed by atoms with Crippen LogP contribution in [0.2, 0.25) is 5.02 Å². The molecule has 0 aliphatic heterocycles. The number of hydrogen-bond acceptors (Lipinski definition) is 4. The molecule has 0 spiro atoms. The Morgan fingerprint density at radius 3 is 2.71 bits per heavy atom. The Morgan fingerprint density at radius 1 is 1.24 bits per heavy atom. The third kappa shape index (κ3) is 5.01. The van der Waals surface area contributed by atoms with Gasteiger partial charge in [0.1, 0.15) is 12.4 Å². The molecule has 1 heterocycles. The summed E-state index contributed by atoms with van der Waals surface area (Å²) in [4.78, 5) is 4.06. The predicted octanol–water partition coefficient (Wildman–Crippen LogP) is 2.83. The zero-order chi connectivity index (χ0) is 15.1. The Hall–Kier alpha value is -1.62. The second-order valence-corrected chi connectivity index (χ2v) is 5.25. The van der Waals surface area contributed by atoms with Crippen LogP contribution < -0.4 is 10.5 Å². The van der Waals surface area contributed by atoms with Crippen molar-refractivity contribution in [3.8, 4) is 5.75 Å². The van der Waals surface area contributed by atoms with Gasteiger partial charge in [-0.25, -0.2) is 0 Å². The smallest absolute Gasteiger partial charge is 0.143 e. The molecule has 2 rings (SSSR count). The van der Waals surface area contributed by atoms with E-state index in [2.05, 4.69) is 4.98 Å². The van der Waals surface area contributed by atoms with E-state index in [0.29, 0.717) is 19.0 Å². The fraction of sp³-hybridized carbons (Fsp3) is 0.312. The summed E-state index contributed by atoms with van der Waals surface area (Å²) in [6.45, 7) is 0.912. The first kappa shape index (κ1) is 15.8. The molecule has 0 unspecified atom stereocenters. The predicted molar refractivity (Wildman–Crippen MR) is 83.6 cm³/mol. The van der Waals surface area contributed by atoms with Crippen molar-refractivity contribution in [2.24, 2.45) is 5.73 Å². The minimum Gasteiger partial charge on any atom is -0.490 e. The Labute approximate surface area is 129 Å². The highest BCUT2D eigenvalue weighted by molar-refractivity contribution is 6.30. The SMILES string of the molecule is COCc1ccncc1OC[C@@H](N)Cc1ccc(Cl)cc1. The van der Waals surface area contributed by atoms with Gasteiger partial charge in [0, 0.05) is 29.9 Å². The maximum atomic E-state index is 6.11. The molecule has 2 N–H and O–H groups in total. The average molecular weight is 307 g/mol. The molecule has 0 saturated heterocycles. The molecular formula is C16H19ClN2O2. The van der Waals surface area contributed by atoms with E-state index in [1.807, 2.05) is 30.3 Å². The fourth-order valence-corrected chi connectivity index (χ4v) is 2.12. The van der Waals surface area contributed by atoms with Crippen LogP contribution >= 0.6 is 11.6 Å². The van der Waals surface area contributed by atoms with Crippen LogP contribution in [0.3, 0.4) is 0 Å². The molecule has 2 aromatic rings. The molecule has 0 aliphatic rings. The van der Waals surface area contributed by atoms with Gasteiger partial charge in [-0.2, -0.15) is 0 Å². The molecule has 0 radical (unpaired) electrons. The number of ether oxygens (including phenoxy) is 2. The summed E-state index contributed by atoms with van der Waals surface area (Å²) in [5.41, 5.74) is 8.21. The monoisotopic (exact) mass is 306 g/mol. The quantitative estimate of drug-likeness (QED) is 0.854. The van der Waals surface area contributed by atoms with Gasteiger partial charge >= 0.3 is 0 Å². The van der Waals surface area contributed by atoms with Crippen LogP contribution in [0.15, 0.2) is 42.7 Å². The second kappa shape index (κ2) is 7.98. The number of rotatable bonds is 7. The van der Waals surface area contributed by atoms with Crippen molar-refractivity contribution in [1.82, 2.24) is 4.98 Å². The van der Waals surface area contributed by atoms with Crippen LogP contribution in [0.5, 0.6) is 5.75 Å². The van der Waals surface area contributed by atoms with E-state index in [-0.39, 0.29) is 6.04 Å². The number of halogens is 1. The first-order chi connectivity index (χ1) is 10.2. The summed E-state index contributed by atoms with van der Waals surface area (Å²) in [5.74, 6) is 0.714. The lowest BCUT2D eigenvalue weighted by Crippen LogP contribution is -2.30. The highest BCUT2D eigenvalue weighted by Gasteiger charge is 2.08. The maximum absolute atomic E-state index is 6.11. The zero-order valence-corrected chi connectivity index (χ0v) is 12.7. The Kier molecular flexibility index (Phi) is 5.99. The number of pyridine rings is 1. The van der Waals surface area contributed by atoms with E-state index < -0.39 is 0 Å². The fourth-order valence-electron chi connectivity index (χ4n) is 1.99. The molecule has 21 heavy (non-hydrogen) atoms. The third-order valence-corrected chi connectivity index (χ3v) is 3.29. The number of aromatic nitrogens is 1. The molecule has 0 saturated carbocycles. The van der Waals surface area contributed by atoms with Crippen molar-refractivity contribution in [2.75, 3.05) is 13.7 Å². The number of hydrogen-bond donors (Lipinski definition) is 1. The first-order valence-corrected chi connectivity index (χ1v) is 7.11. The van der Waals surface area contributed by atoms with E-state index in [1.54, 1.807) is 19.5 Å². The van der Waals surface area contributed by atoms with Gasteiger partial charge in [0.05, 0.1) is 12.8 Å². The topological polar surface area (TPSA) is 57.4 Å². The van der Waals surface area contributed by atoms with Crippen molar-refractivity contribution in [3.05, 3.63) is 58.9 Å². The van der Waals surface area contributed by atoms with E-state index in [1.165, 1.54) is 0 Å². The van der Waals surface area contributed by atoms with Crippen molar-refractivity contribution in [2.45, 2.75) is 19.1 Å². The molecule has 0 amide bonds. The molecule has 1 aromatic carbocycles. The Bertz CT molecular complexity index is 560. The Morgan fingerprint density at radius 2 is 2.00 bits per heavy atom. The van der Waals surface area contributed by atoms with Crippen molar-refractivity contribution in [3.63, 3.8) is 0 Å². The van der Waals surface area contributed by atoms with Crippen molar-refractivity contribution >= 4 is 11.6 Å². The molecule has 112 valence electrons. The molecule has 1 aromatic heterocycles. The van der Waals surface area contributed by atoms with Gasteiger partial charge in [-0.05, 0) is 30.2 Å². The minimum atomic E-state index is -0.0956. The standard InChI is InChI=1S/C16H19ClN2O2/c1-20-10-13-6-7-19-9-16(13)21-11-15(18)8-12-2-4-14(17)5-3-12/h2-7,9,15H,8,10-11,18H2,1H3/t15-/m0/s1. The lowest BCUT2D eigenvalue weighted by molar-refractivity contribution is 0.178. The molecule has 4 nitrogen and oxygen atoms in total. The number of nitrogens with zero attached hydrogens (tertiary/aromatic N) is 1. The molecule has 0 aliphatic carbocycles. The van der Waals surface area contributed by atoms with Crippen LogP contribution in [0, 0.1) is 0 Å². The molecule has 0 fully saturated rings. The van der Waals surface area contributed by atoms with Gasteiger partial charge in [-0.15, -0.1) is 0 Å². The van der Waals surface area contributed by atoms with Gasteiger partial charge in [-0.1, -0.05) is 23.7 Å². The normalized spacial score (nSPS) is 12.1. The largest absolute Gasteiger partial charge is 0.490 e. The number of nitrogens with two attached hydrogens (primary N) is 1. The highest BCUT2D eigenvalue weighted by Crippen LogP contribution is 2.17. The van der Waals surface area contributed by atoms with Crippen LogP contribution in [0.1, 0.15) is 11.1 Å². The highest BCUT2D eigenvalue weighted by atomic mass is 35.5. The van der Waals surface area contributed by atoms with E-state index in [0.717, 1.165) is 22.6 Å². The number of methoxy groups -OCH3 is 1. The number of benzene rings is 1. The van der Waals surface area contributed by atoms with Gasteiger partial charge in [-0.3, -0.25) is 4.98 Å². The summed E-state index contributed by atoms with van der Waals surface area (Å²) >= 11 is 5.86. The average Bonchev–Trinajstić information content (AvgIpc) is 2.49.